The van der Waals surface area contributed by atoms with Gasteiger partial charge >= 0.3 is 0 Å². The van der Waals surface area contributed by atoms with Crippen molar-refractivity contribution in [2.24, 2.45) is 5.41 Å². The number of rotatable bonds is 4. The Morgan fingerprint density at radius 2 is 2.09 bits per heavy atom. The van der Waals surface area contributed by atoms with Crippen molar-refractivity contribution in [3.63, 3.8) is 0 Å². The van der Waals surface area contributed by atoms with Crippen LogP contribution in [-0.2, 0) is 16.1 Å². The molecule has 5 heteroatoms. The second-order valence-electron chi connectivity index (χ2n) is 6.98. The van der Waals surface area contributed by atoms with Crippen LogP contribution in [0, 0.1) is 5.41 Å². The molecular weight excluding hydrogens is 292 g/mol. The predicted octanol–water partition coefficient (Wildman–Crippen LogP) is 2.35. The van der Waals surface area contributed by atoms with Gasteiger partial charge < -0.3 is 15.0 Å². The van der Waals surface area contributed by atoms with Crippen LogP contribution in [0.3, 0.4) is 0 Å². The number of hydrogen-bond acceptors (Lipinski definition) is 3. The Balaban J connectivity index is 1.98. The molecule has 1 aliphatic heterocycles. The molecule has 0 radical (unpaired) electrons. The predicted molar refractivity (Wildman–Crippen MR) is 89.0 cm³/mol. The van der Waals surface area contributed by atoms with E-state index in [1.165, 1.54) is 0 Å². The van der Waals surface area contributed by atoms with Crippen LogP contribution < -0.4 is 10.1 Å². The molecule has 126 valence electrons. The van der Waals surface area contributed by atoms with Gasteiger partial charge in [-0.15, -0.1) is 0 Å². The Bertz CT molecular complexity index is 578. The number of likely N-dealkylation sites (tertiary alicyclic amines) is 1. The first-order valence-corrected chi connectivity index (χ1v) is 8.04. The Morgan fingerprint density at radius 1 is 1.35 bits per heavy atom. The summed E-state index contributed by atoms with van der Waals surface area (Å²) in [5, 5.41) is 2.94. The van der Waals surface area contributed by atoms with Gasteiger partial charge in [-0.1, -0.05) is 32.9 Å². The van der Waals surface area contributed by atoms with Crippen molar-refractivity contribution < 1.29 is 14.3 Å². The van der Waals surface area contributed by atoms with E-state index < -0.39 is 5.41 Å². The summed E-state index contributed by atoms with van der Waals surface area (Å²) in [6.07, 6.45) is 1.60. The minimum atomic E-state index is -0.463. The summed E-state index contributed by atoms with van der Waals surface area (Å²) < 4.78 is 5.18. The zero-order chi connectivity index (χ0) is 17.0. The molecular formula is C18H26N2O3. The molecule has 1 aromatic rings. The smallest absolute Gasteiger partial charge is 0.243 e. The van der Waals surface area contributed by atoms with E-state index in [9.17, 15) is 9.59 Å². The Kier molecular flexibility index (Phi) is 5.29. The van der Waals surface area contributed by atoms with Crippen molar-refractivity contribution in [2.75, 3.05) is 13.7 Å². The van der Waals surface area contributed by atoms with Crippen LogP contribution in [0.2, 0.25) is 0 Å². The summed E-state index contributed by atoms with van der Waals surface area (Å²) in [5.74, 6) is 0.724. The van der Waals surface area contributed by atoms with E-state index in [-0.39, 0.29) is 17.9 Å². The lowest BCUT2D eigenvalue weighted by atomic mass is 9.94. The van der Waals surface area contributed by atoms with E-state index in [4.69, 9.17) is 4.74 Å². The van der Waals surface area contributed by atoms with E-state index in [0.717, 1.165) is 24.2 Å². The summed E-state index contributed by atoms with van der Waals surface area (Å²) >= 11 is 0. The molecule has 0 aliphatic carbocycles. The zero-order valence-corrected chi connectivity index (χ0v) is 14.4. The van der Waals surface area contributed by atoms with Crippen LogP contribution in [0.25, 0.3) is 0 Å². The van der Waals surface area contributed by atoms with Gasteiger partial charge in [-0.2, -0.15) is 0 Å². The number of hydrogen-bond donors (Lipinski definition) is 1. The van der Waals surface area contributed by atoms with Crippen LogP contribution in [0.5, 0.6) is 5.75 Å². The molecule has 0 spiro atoms. The fourth-order valence-electron chi connectivity index (χ4n) is 2.80. The highest BCUT2D eigenvalue weighted by Crippen LogP contribution is 2.25. The zero-order valence-electron chi connectivity index (χ0n) is 14.4. The SMILES string of the molecule is COc1cccc(CNC(=O)[C@H]2CCCN2C(=O)C(C)(C)C)c1. The fourth-order valence-corrected chi connectivity index (χ4v) is 2.80. The number of benzene rings is 1. The molecule has 0 bridgehead atoms. The highest BCUT2D eigenvalue weighted by molar-refractivity contribution is 5.90. The molecule has 1 atom stereocenters. The number of amides is 2. The molecule has 2 rings (SSSR count). The Morgan fingerprint density at radius 3 is 2.74 bits per heavy atom. The van der Waals surface area contributed by atoms with Gasteiger partial charge in [0.25, 0.3) is 0 Å². The number of methoxy groups -OCH3 is 1. The molecule has 0 unspecified atom stereocenters. The van der Waals surface area contributed by atoms with Gasteiger partial charge in [0, 0.05) is 18.5 Å². The third kappa shape index (κ3) is 4.24. The van der Waals surface area contributed by atoms with Gasteiger partial charge in [0.1, 0.15) is 11.8 Å². The third-order valence-electron chi connectivity index (χ3n) is 4.06. The lowest BCUT2D eigenvalue weighted by molar-refractivity contribution is -0.144. The van der Waals surface area contributed by atoms with Gasteiger partial charge in [-0.25, -0.2) is 0 Å². The van der Waals surface area contributed by atoms with Crippen molar-refractivity contribution in [1.29, 1.82) is 0 Å². The standard InChI is InChI=1S/C18H26N2O3/c1-18(2,3)17(22)20-10-6-9-15(20)16(21)19-12-13-7-5-8-14(11-13)23-4/h5,7-8,11,15H,6,9-10,12H2,1-4H3,(H,19,21)/t15-/m1/s1. The molecule has 0 saturated carbocycles. The first kappa shape index (κ1) is 17.3. The molecule has 1 heterocycles. The van der Waals surface area contributed by atoms with E-state index in [1.807, 2.05) is 45.0 Å². The summed E-state index contributed by atoms with van der Waals surface area (Å²) in [5.41, 5.74) is 0.514. The number of carbonyl (C=O) groups is 2. The van der Waals surface area contributed by atoms with Crippen molar-refractivity contribution >= 4 is 11.8 Å². The maximum atomic E-state index is 12.5. The summed E-state index contributed by atoms with van der Waals surface area (Å²) in [7, 11) is 1.62. The summed E-state index contributed by atoms with van der Waals surface area (Å²) in [6, 6.07) is 7.24. The largest absolute Gasteiger partial charge is 0.497 e. The Labute approximate surface area is 138 Å². The minimum Gasteiger partial charge on any atom is -0.497 e. The van der Waals surface area contributed by atoms with Crippen LogP contribution in [-0.4, -0.2) is 36.4 Å². The van der Waals surface area contributed by atoms with Crippen LogP contribution in [0.1, 0.15) is 39.2 Å². The second-order valence-corrected chi connectivity index (χ2v) is 6.98. The number of carbonyl (C=O) groups excluding carboxylic acids is 2. The fraction of sp³-hybridized carbons (Fsp3) is 0.556. The Hall–Kier alpha value is -2.04. The first-order valence-electron chi connectivity index (χ1n) is 8.04. The topological polar surface area (TPSA) is 58.6 Å². The molecule has 1 fully saturated rings. The van der Waals surface area contributed by atoms with Crippen LogP contribution in [0.4, 0.5) is 0 Å². The molecule has 1 saturated heterocycles. The lowest BCUT2D eigenvalue weighted by Gasteiger charge is -2.30. The molecule has 1 aliphatic rings. The number of ether oxygens (including phenoxy) is 1. The van der Waals surface area contributed by atoms with E-state index in [0.29, 0.717) is 13.1 Å². The molecule has 5 nitrogen and oxygen atoms in total. The van der Waals surface area contributed by atoms with Gasteiger partial charge in [-0.3, -0.25) is 9.59 Å². The second kappa shape index (κ2) is 7.02. The van der Waals surface area contributed by atoms with E-state index in [1.54, 1.807) is 12.0 Å². The third-order valence-corrected chi connectivity index (χ3v) is 4.06. The molecule has 0 aromatic heterocycles. The molecule has 1 N–H and O–H groups in total. The van der Waals surface area contributed by atoms with Crippen molar-refractivity contribution in [1.82, 2.24) is 10.2 Å². The summed E-state index contributed by atoms with van der Waals surface area (Å²) in [4.78, 5) is 26.7. The molecule has 2 amide bonds. The normalized spacial score (nSPS) is 17.9. The maximum Gasteiger partial charge on any atom is 0.243 e. The average Bonchev–Trinajstić information content (AvgIpc) is 3.00. The number of nitrogens with one attached hydrogen (secondary N) is 1. The highest BCUT2D eigenvalue weighted by Gasteiger charge is 2.38. The van der Waals surface area contributed by atoms with Gasteiger partial charge in [0.05, 0.1) is 7.11 Å². The minimum absolute atomic E-state index is 0.0385. The highest BCUT2D eigenvalue weighted by atomic mass is 16.5. The van der Waals surface area contributed by atoms with Gasteiger partial charge in [0.2, 0.25) is 11.8 Å². The van der Waals surface area contributed by atoms with Gasteiger partial charge in [0.15, 0.2) is 0 Å². The summed E-state index contributed by atoms with van der Waals surface area (Å²) in [6.45, 7) is 6.76. The molecule has 1 aromatic carbocycles. The van der Waals surface area contributed by atoms with Crippen molar-refractivity contribution in [2.45, 2.75) is 46.2 Å². The quantitative estimate of drug-likeness (QED) is 0.927. The molecule has 23 heavy (non-hydrogen) atoms. The van der Waals surface area contributed by atoms with Crippen LogP contribution in [0.15, 0.2) is 24.3 Å². The monoisotopic (exact) mass is 318 g/mol. The lowest BCUT2D eigenvalue weighted by Crippen LogP contribution is -2.49. The number of nitrogens with zero attached hydrogens (tertiary/aromatic N) is 1. The van der Waals surface area contributed by atoms with Crippen molar-refractivity contribution in [3.8, 4) is 5.75 Å². The first-order chi connectivity index (χ1) is 10.8. The maximum absolute atomic E-state index is 12.5. The average molecular weight is 318 g/mol. The van der Waals surface area contributed by atoms with E-state index in [2.05, 4.69) is 5.32 Å². The van der Waals surface area contributed by atoms with Crippen LogP contribution >= 0.6 is 0 Å². The van der Waals surface area contributed by atoms with Gasteiger partial charge in [-0.05, 0) is 30.5 Å². The van der Waals surface area contributed by atoms with Crippen molar-refractivity contribution in [3.05, 3.63) is 29.8 Å². The van der Waals surface area contributed by atoms with E-state index >= 15 is 0 Å².